The Kier molecular flexibility index (Phi) is 3.79. The van der Waals surface area contributed by atoms with Gasteiger partial charge >= 0.3 is 0 Å². The molecule has 6 nitrogen and oxygen atoms in total. The summed E-state index contributed by atoms with van der Waals surface area (Å²) in [6.07, 6.45) is 1.29. The summed E-state index contributed by atoms with van der Waals surface area (Å²) < 4.78 is 5.44. The molecule has 0 saturated heterocycles. The van der Waals surface area contributed by atoms with Crippen LogP contribution >= 0.6 is 0 Å². The molecule has 1 aromatic rings. The topological polar surface area (TPSA) is 79.9 Å². The molecule has 2 N–H and O–H groups in total. The third-order valence-corrected chi connectivity index (χ3v) is 1.84. The monoisotopic (exact) mass is 212 g/mol. The standard InChI is InChI=1S/C9H16N4O2/c1-4-15-9(2,3)5-10-8(14)7-11-6-12-13-7/h6H,4-5H2,1-3H3,(H,10,14)(H,11,12,13). The smallest absolute Gasteiger partial charge is 0.288 e. The predicted octanol–water partition coefficient (Wildman–Crippen LogP) is 0.350. The van der Waals surface area contributed by atoms with Gasteiger partial charge in [-0.25, -0.2) is 4.98 Å². The van der Waals surface area contributed by atoms with E-state index in [4.69, 9.17) is 4.74 Å². The molecule has 1 heterocycles. The molecule has 0 fully saturated rings. The molecule has 0 aliphatic heterocycles. The summed E-state index contributed by atoms with van der Waals surface area (Å²) in [5.41, 5.74) is -0.371. The molecular weight excluding hydrogens is 196 g/mol. The molecule has 6 heteroatoms. The van der Waals surface area contributed by atoms with Gasteiger partial charge in [0.05, 0.1) is 5.60 Å². The Morgan fingerprint density at radius 1 is 1.67 bits per heavy atom. The van der Waals surface area contributed by atoms with Gasteiger partial charge in [-0.05, 0) is 20.8 Å². The van der Waals surface area contributed by atoms with Crippen molar-refractivity contribution >= 4 is 5.91 Å². The quantitative estimate of drug-likeness (QED) is 0.738. The van der Waals surface area contributed by atoms with E-state index in [2.05, 4.69) is 20.5 Å². The fourth-order valence-corrected chi connectivity index (χ4v) is 1.13. The largest absolute Gasteiger partial charge is 0.374 e. The first-order valence-corrected chi connectivity index (χ1v) is 4.82. The predicted molar refractivity (Wildman–Crippen MR) is 54.4 cm³/mol. The molecule has 0 saturated carbocycles. The molecule has 1 rings (SSSR count). The van der Waals surface area contributed by atoms with E-state index in [0.29, 0.717) is 13.2 Å². The van der Waals surface area contributed by atoms with Gasteiger partial charge in [0.15, 0.2) is 0 Å². The van der Waals surface area contributed by atoms with Crippen molar-refractivity contribution in [2.24, 2.45) is 0 Å². The molecule has 1 amide bonds. The van der Waals surface area contributed by atoms with Gasteiger partial charge < -0.3 is 10.1 Å². The number of amides is 1. The number of rotatable bonds is 5. The Morgan fingerprint density at radius 2 is 2.40 bits per heavy atom. The van der Waals surface area contributed by atoms with Crippen molar-refractivity contribution in [2.45, 2.75) is 26.4 Å². The van der Waals surface area contributed by atoms with E-state index in [9.17, 15) is 4.79 Å². The van der Waals surface area contributed by atoms with Gasteiger partial charge in [0.1, 0.15) is 6.33 Å². The van der Waals surface area contributed by atoms with Gasteiger partial charge in [-0.3, -0.25) is 9.89 Å². The summed E-state index contributed by atoms with van der Waals surface area (Å²) in [7, 11) is 0. The van der Waals surface area contributed by atoms with Crippen LogP contribution in [0.5, 0.6) is 0 Å². The van der Waals surface area contributed by atoms with E-state index in [0.717, 1.165) is 0 Å². The second-order valence-electron chi connectivity index (χ2n) is 3.71. The highest BCUT2D eigenvalue weighted by Crippen LogP contribution is 2.06. The molecule has 0 bridgehead atoms. The number of H-pyrrole nitrogens is 1. The summed E-state index contributed by atoms with van der Waals surface area (Å²) in [5.74, 6) is -0.0671. The normalized spacial score (nSPS) is 11.4. The maximum Gasteiger partial charge on any atom is 0.288 e. The zero-order valence-corrected chi connectivity index (χ0v) is 9.20. The van der Waals surface area contributed by atoms with Crippen LogP contribution in [0.15, 0.2) is 6.33 Å². The van der Waals surface area contributed by atoms with Crippen LogP contribution in [-0.2, 0) is 4.74 Å². The van der Waals surface area contributed by atoms with Crippen molar-refractivity contribution in [3.05, 3.63) is 12.2 Å². The summed E-state index contributed by atoms with van der Waals surface area (Å²) in [6, 6.07) is 0. The molecule has 0 atom stereocenters. The zero-order valence-electron chi connectivity index (χ0n) is 9.20. The lowest BCUT2D eigenvalue weighted by Gasteiger charge is -2.24. The Bertz CT molecular complexity index is 308. The number of aromatic amines is 1. The summed E-state index contributed by atoms with van der Waals surface area (Å²) in [6.45, 7) is 6.79. The first-order valence-electron chi connectivity index (χ1n) is 4.82. The Morgan fingerprint density at radius 3 is 2.93 bits per heavy atom. The lowest BCUT2D eigenvalue weighted by molar-refractivity contribution is -0.00821. The van der Waals surface area contributed by atoms with Gasteiger partial charge in [0.2, 0.25) is 5.82 Å². The van der Waals surface area contributed by atoms with Crippen molar-refractivity contribution in [2.75, 3.05) is 13.2 Å². The molecule has 1 aromatic heterocycles. The number of carbonyl (C=O) groups is 1. The molecule has 15 heavy (non-hydrogen) atoms. The van der Waals surface area contributed by atoms with E-state index < -0.39 is 0 Å². The second kappa shape index (κ2) is 4.88. The average Bonchev–Trinajstić information content (AvgIpc) is 2.67. The highest BCUT2D eigenvalue weighted by molar-refractivity contribution is 5.90. The number of nitrogens with one attached hydrogen (secondary N) is 2. The van der Waals surface area contributed by atoms with Gasteiger partial charge in [-0.1, -0.05) is 0 Å². The summed E-state index contributed by atoms with van der Waals surface area (Å²) in [5, 5.41) is 8.80. The number of hydrogen-bond acceptors (Lipinski definition) is 4. The number of aromatic nitrogens is 3. The van der Waals surface area contributed by atoms with Crippen LogP contribution in [0.1, 0.15) is 31.4 Å². The Labute approximate surface area is 88.4 Å². The molecule has 0 spiro atoms. The van der Waals surface area contributed by atoms with E-state index in [1.807, 2.05) is 20.8 Å². The molecular formula is C9H16N4O2. The molecule has 0 aliphatic carbocycles. The average molecular weight is 212 g/mol. The molecule has 0 unspecified atom stereocenters. The van der Waals surface area contributed by atoms with Gasteiger partial charge in [-0.2, -0.15) is 5.10 Å². The lowest BCUT2D eigenvalue weighted by atomic mass is 10.1. The van der Waals surface area contributed by atoms with E-state index in [-0.39, 0.29) is 17.3 Å². The SMILES string of the molecule is CCOC(C)(C)CNC(=O)c1ncn[nH]1. The van der Waals surface area contributed by atoms with Crippen molar-refractivity contribution in [1.82, 2.24) is 20.5 Å². The number of ether oxygens (including phenoxy) is 1. The maximum atomic E-state index is 11.5. The van der Waals surface area contributed by atoms with E-state index in [1.165, 1.54) is 6.33 Å². The van der Waals surface area contributed by atoms with Crippen LogP contribution in [0, 0.1) is 0 Å². The lowest BCUT2D eigenvalue weighted by Crippen LogP contribution is -2.40. The van der Waals surface area contributed by atoms with Crippen LogP contribution in [0.4, 0.5) is 0 Å². The van der Waals surface area contributed by atoms with Gasteiger partial charge in [0, 0.05) is 13.2 Å². The minimum Gasteiger partial charge on any atom is -0.374 e. The second-order valence-corrected chi connectivity index (χ2v) is 3.71. The molecule has 0 radical (unpaired) electrons. The molecule has 0 aliphatic rings. The first kappa shape index (κ1) is 11.6. The fraction of sp³-hybridized carbons (Fsp3) is 0.667. The zero-order chi connectivity index (χ0) is 11.3. The molecule has 0 aromatic carbocycles. The number of carbonyl (C=O) groups excluding carboxylic acids is 1. The maximum absolute atomic E-state index is 11.5. The van der Waals surface area contributed by atoms with E-state index >= 15 is 0 Å². The van der Waals surface area contributed by atoms with Crippen molar-refractivity contribution in [3.63, 3.8) is 0 Å². The number of nitrogens with zero attached hydrogens (tertiary/aromatic N) is 2. The van der Waals surface area contributed by atoms with Gasteiger partial charge in [-0.15, -0.1) is 0 Å². The van der Waals surface area contributed by atoms with Crippen LogP contribution in [-0.4, -0.2) is 39.8 Å². The summed E-state index contributed by atoms with van der Waals surface area (Å²) >= 11 is 0. The van der Waals surface area contributed by atoms with Crippen molar-refractivity contribution in [1.29, 1.82) is 0 Å². The van der Waals surface area contributed by atoms with Gasteiger partial charge in [0.25, 0.3) is 5.91 Å². The van der Waals surface area contributed by atoms with Crippen molar-refractivity contribution in [3.8, 4) is 0 Å². The Hall–Kier alpha value is -1.43. The minimum atomic E-state index is -0.371. The van der Waals surface area contributed by atoms with Crippen LogP contribution in [0.25, 0.3) is 0 Å². The van der Waals surface area contributed by atoms with Crippen molar-refractivity contribution < 1.29 is 9.53 Å². The van der Waals surface area contributed by atoms with Crippen LogP contribution in [0.2, 0.25) is 0 Å². The first-order chi connectivity index (χ1) is 7.05. The van der Waals surface area contributed by atoms with E-state index in [1.54, 1.807) is 0 Å². The third kappa shape index (κ3) is 3.67. The third-order valence-electron chi connectivity index (χ3n) is 1.84. The highest BCUT2D eigenvalue weighted by atomic mass is 16.5. The Balaban J connectivity index is 2.40. The molecule has 84 valence electrons. The van der Waals surface area contributed by atoms with Crippen LogP contribution in [0.3, 0.4) is 0 Å². The van der Waals surface area contributed by atoms with Crippen LogP contribution < -0.4 is 5.32 Å². The minimum absolute atomic E-state index is 0.210. The number of hydrogen-bond donors (Lipinski definition) is 2. The highest BCUT2D eigenvalue weighted by Gasteiger charge is 2.19. The summed E-state index contributed by atoms with van der Waals surface area (Å²) in [4.78, 5) is 15.2. The fourth-order valence-electron chi connectivity index (χ4n) is 1.13.